The van der Waals surface area contributed by atoms with Gasteiger partial charge in [-0.3, -0.25) is 0 Å². The predicted molar refractivity (Wildman–Crippen MR) is 90.8 cm³/mol. The highest BCUT2D eigenvalue weighted by molar-refractivity contribution is 7.84. The van der Waals surface area contributed by atoms with Crippen molar-refractivity contribution in [2.45, 2.75) is 57.5 Å². The first kappa shape index (κ1) is 17.2. The number of nitrogens with two attached hydrogens (primary N) is 1. The third-order valence-electron chi connectivity index (χ3n) is 6.96. The zero-order valence-electron chi connectivity index (χ0n) is 14.2. The fourth-order valence-corrected chi connectivity index (χ4v) is 6.14. The Hall–Kier alpha value is -1.18. The van der Waals surface area contributed by atoms with Crippen LogP contribution in [0.5, 0.6) is 5.75 Å². The van der Waals surface area contributed by atoms with Crippen molar-refractivity contribution in [1.82, 2.24) is 0 Å². The summed E-state index contributed by atoms with van der Waals surface area (Å²) in [5, 5.41) is 15.3. The van der Waals surface area contributed by atoms with Gasteiger partial charge in [-0.05, 0) is 78.9 Å². The van der Waals surface area contributed by atoms with Crippen LogP contribution in [0, 0.1) is 23.1 Å². The fraction of sp³-hybridized carbons (Fsp3) is 0.667. The molecule has 0 amide bonds. The van der Waals surface area contributed by atoms with Gasteiger partial charge in [-0.15, -0.1) is 0 Å². The second-order valence-corrected chi connectivity index (χ2v) is 9.23. The Morgan fingerprint density at radius 1 is 1.28 bits per heavy atom. The Bertz CT molecular complexity index is 812. The van der Waals surface area contributed by atoms with Crippen LogP contribution >= 0.6 is 0 Å². The largest absolute Gasteiger partial charge is 0.393 e. The van der Waals surface area contributed by atoms with E-state index in [1.807, 2.05) is 0 Å². The number of benzene rings is 1. The maximum Gasteiger partial charge on any atom is 0.380 e. The molecule has 7 heteroatoms. The maximum absolute atomic E-state index is 14.8. The summed E-state index contributed by atoms with van der Waals surface area (Å²) >= 11 is 0. The molecule has 5 atom stereocenters. The van der Waals surface area contributed by atoms with Crippen LogP contribution in [0.2, 0.25) is 0 Å². The molecule has 0 unspecified atom stereocenters. The molecule has 0 saturated heterocycles. The van der Waals surface area contributed by atoms with E-state index in [2.05, 4.69) is 11.1 Å². The summed E-state index contributed by atoms with van der Waals surface area (Å²) in [6.45, 7) is 2.20. The Kier molecular flexibility index (Phi) is 3.90. The van der Waals surface area contributed by atoms with Gasteiger partial charge in [-0.25, -0.2) is 4.39 Å². The molecule has 0 heterocycles. The summed E-state index contributed by atoms with van der Waals surface area (Å²) in [7, 11) is -4.24. The van der Waals surface area contributed by atoms with Crippen LogP contribution in [0.1, 0.15) is 56.1 Å². The number of rotatable bonds is 2. The van der Waals surface area contributed by atoms with E-state index in [0.29, 0.717) is 23.8 Å². The van der Waals surface area contributed by atoms with Crippen molar-refractivity contribution in [2.75, 3.05) is 0 Å². The average Bonchev–Trinajstić information content (AvgIpc) is 2.84. The first-order valence-corrected chi connectivity index (χ1v) is 10.4. The molecule has 2 saturated carbocycles. The molecule has 1 aromatic carbocycles. The van der Waals surface area contributed by atoms with Crippen molar-refractivity contribution >= 4 is 10.3 Å². The van der Waals surface area contributed by atoms with Gasteiger partial charge in [0, 0.05) is 0 Å². The van der Waals surface area contributed by atoms with Gasteiger partial charge in [0.1, 0.15) is 0 Å². The highest BCUT2D eigenvalue weighted by Crippen LogP contribution is 2.61. The van der Waals surface area contributed by atoms with Gasteiger partial charge >= 0.3 is 10.3 Å². The molecule has 3 aliphatic carbocycles. The number of aliphatic hydroxyl groups excluding tert-OH is 1. The molecule has 1 aromatic rings. The van der Waals surface area contributed by atoms with Crippen molar-refractivity contribution in [3.8, 4) is 5.75 Å². The van der Waals surface area contributed by atoms with Crippen LogP contribution < -0.4 is 9.32 Å². The molecule has 5 nitrogen and oxygen atoms in total. The highest BCUT2D eigenvalue weighted by Gasteiger charge is 2.54. The summed E-state index contributed by atoms with van der Waals surface area (Å²) in [5.74, 6) is 0.261. The van der Waals surface area contributed by atoms with Crippen LogP contribution in [0.15, 0.2) is 12.1 Å². The van der Waals surface area contributed by atoms with Crippen molar-refractivity contribution in [3.63, 3.8) is 0 Å². The van der Waals surface area contributed by atoms with Crippen molar-refractivity contribution in [1.29, 1.82) is 0 Å². The van der Waals surface area contributed by atoms with Crippen LogP contribution in [0.3, 0.4) is 0 Å². The first-order valence-electron chi connectivity index (χ1n) is 8.92. The summed E-state index contributed by atoms with van der Waals surface area (Å²) in [5.41, 5.74) is 1.51. The van der Waals surface area contributed by atoms with Crippen LogP contribution in [0.4, 0.5) is 4.39 Å². The van der Waals surface area contributed by atoms with Gasteiger partial charge in [-0.1, -0.05) is 13.0 Å². The molecule has 138 valence electrons. The molecule has 3 aliphatic rings. The Labute approximate surface area is 147 Å². The lowest BCUT2D eigenvalue weighted by molar-refractivity contribution is -0.0227. The van der Waals surface area contributed by atoms with E-state index in [1.165, 1.54) is 6.07 Å². The van der Waals surface area contributed by atoms with Gasteiger partial charge in [-0.2, -0.15) is 13.6 Å². The number of fused-ring (bicyclic) bond motifs is 5. The maximum atomic E-state index is 14.8. The number of hydrogen-bond donors (Lipinski definition) is 2. The van der Waals surface area contributed by atoms with E-state index in [9.17, 15) is 17.9 Å². The zero-order chi connectivity index (χ0) is 18.0. The Balaban J connectivity index is 1.69. The lowest BCUT2D eigenvalue weighted by Gasteiger charge is -2.50. The minimum absolute atomic E-state index is 0.0199. The molecular weight excluding hydrogens is 345 g/mol. The van der Waals surface area contributed by atoms with Crippen LogP contribution in [-0.4, -0.2) is 19.6 Å². The molecule has 3 N–H and O–H groups in total. The zero-order valence-corrected chi connectivity index (χ0v) is 15.1. The second kappa shape index (κ2) is 5.66. The first-order chi connectivity index (χ1) is 11.7. The molecule has 0 aromatic heterocycles. The predicted octanol–water partition coefficient (Wildman–Crippen LogP) is 2.63. The van der Waals surface area contributed by atoms with Gasteiger partial charge in [0.2, 0.25) is 0 Å². The lowest BCUT2D eigenvalue weighted by atomic mass is 9.55. The summed E-state index contributed by atoms with van der Waals surface area (Å²) in [6, 6.07) is 3.17. The molecule has 25 heavy (non-hydrogen) atoms. The average molecular weight is 369 g/mol. The van der Waals surface area contributed by atoms with Crippen LogP contribution in [-0.2, 0) is 16.7 Å². The monoisotopic (exact) mass is 369 g/mol. The van der Waals surface area contributed by atoms with Crippen LogP contribution in [0.25, 0.3) is 0 Å². The quantitative estimate of drug-likeness (QED) is 0.839. The fourth-order valence-electron chi connectivity index (χ4n) is 5.77. The Morgan fingerprint density at radius 3 is 2.76 bits per heavy atom. The molecule has 2 fully saturated rings. The SMILES string of the molecule is C[C@]12CC[C@@H]3c4ccc(OS(N)(=O)=O)c(F)c4CC[C@H]3[C@@H]1CC[C@@H]2O. The van der Waals surface area contributed by atoms with Crippen molar-refractivity contribution in [3.05, 3.63) is 29.1 Å². The smallest absolute Gasteiger partial charge is 0.380 e. The standard InChI is InChI=1S/C18H24FNO4S/c1-18-9-8-11-10-4-6-15(24-25(20,22)23)17(19)13(10)3-2-12(11)14(18)5-7-16(18)21/h4,6,11-12,14,16,21H,2-3,5,7-9H2,1H3,(H2,20,22,23)/t11-,12-,14+,16+,18+/m1/s1. The minimum atomic E-state index is -4.24. The van der Waals surface area contributed by atoms with Gasteiger partial charge < -0.3 is 9.29 Å². The molecule has 0 bridgehead atoms. The van der Waals surface area contributed by atoms with Gasteiger partial charge in [0.05, 0.1) is 6.10 Å². The summed E-state index contributed by atoms with van der Waals surface area (Å²) in [4.78, 5) is 0. The van der Waals surface area contributed by atoms with E-state index in [-0.39, 0.29) is 23.2 Å². The molecular formula is C18H24FNO4S. The third kappa shape index (κ3) is 2.67. The highest BCUT2D eigenvalue weighted by atomic mass is 32.2. The molecule has 0 aliphatic heterocycles. The topological polar surface area (TPSA) is 89.6 Å². The van der Waals surface area contributed by atoms with E-state index in [1.54, 1.807) is 6.07 Å². The number of hydrogen-bond acceptors (Lipinski definition) is 4. The molecule has 0 radical (unpaired) electrons. The van der Waals surface area contributed by atoms with Gasteiger partial charge in [0.15, 0.2) is 11.6 Å². The van der Waals surface area contributed by atoms with Crippen molar-refractivity contribution < 1.29 is 22.1 Å². The summed E-state index contributed by atoms with van der Waals surface area (Å²) < 4.78 is 41.6. The number of aliphatic hydroxyl groups is 1. The van der Waals surface area contributed by atoms with Gasteiger partial charge in [0.25, 0.3) is 0 Å². The lowest BCUT2D eigenvalue weighted by Crippen LogP contribution is -2.44. The normalized spacial score (nSPS) is 37.1. The molecule has 0 spiro atoms. The van der Waals surface area contributed by atoms with E-state index in [4.69, 9.17) is 5.14 Å². The van der Waals surface area contributed by atoms with E-state index >= 15 is 0 Å². The number of halogens is 1. The van der Waals surface area contributed by atoms with E-state index in [0.717, 1.165) is 37.7 Å². The molecule has 4 rings (SSSR count). The minimum Gasteiger partial charge on any atom is -0.393 e. The second-order valence-electron chi connectivity index (χ2n) is 8.07. The van der Waals surface area contributed by atoms with E-state index < -0.39 is 16.1 Å². The van der Waals surface area contributed by atoms with Crippen molar-refractivity contribution in [2.24, 2.45) is 22.4 Å². The third-order valence-corrected chi connectivity index (χ3v) is 7.38. The Morgan fingerprint density at radius 2 is 2.04 bits per heavy atom. The summed E-state index contributed by atoms with van der Waals surface area (Å²) in [6.07, 6.45) is 4.94.